The van der Waals surface area contributed by atoms with Crippen molar-refractivity contribution >= 4 is 11.8 Å². The highest BCUT2D eigenvalue weighted by Crippen LogP contribution is 2.28. The fraction of sp³-hybridized carbons (Fsp3) is 0.316. The van der Waals surface area contributed by atoms with E-state index in [1.54, 1.807) is 18.2 Å². The number of hydrogen-bond donors (Lipinski definition) is 2. The first-order chi connectivity index (χ1) is 14.3. The average molecular weight is 426 g/mol. The third-order valence-electron chi connectivity index (χ3n) is 4.33. The summed E-state index contributed by atoms with van der Waals surface area (Å²) in [5.74, 6) is -1.42. The van der Waals surface area contributed by atoms with Gasteiger partial charge in [0.15, 0.2) is 6.23 Å². The third kappa shape index (κ3) is 4.85. The van der Waals surface area contributed by atoms with Gasteiger partial charge in [0.25, 0.3) is 18.2 Å². The maximum atomic E-state index is 12.8. The highest BCUT2D eigenvalue weighted by atomic mass is 19.3. The zero-order chi connectivity index (χ0) is 21.8. The number of rotatable bonds is 8. The zero-order valence-electron chi connectivity index (χ0n) is 15.5. The lowest BCUT2D eigenvalue weighted by Crippen LogP contribution is -2.24. The Bertz CT molecular complexity index is 942. The molecule has 1 unspecified atom stereocenters. The predicted octanol–water partition coefficient (Wildman–Crippen LogP) is 3.10. The van der Waals surface area contributed by atoms with Crippen LogP contribution >= 0.6 is 0 Å². The van der Waals surface area contributed by atoms with Crippen LogP contribution in [0.2, 0.25) is 0 Å². The van der Waals surface area contributed by atoms with Crippen molar-refractivity contribution in [3.05, 3.63) is 58.9 Å². The predicted molar refractivity (Wildman–Crippen MR) is 97.5 cm³/mol. The Morgan fingerprint density at radius 3 is 2.70 bits per heavy atom. The van der Waals surface area contributed by atoms with Gasteiger partial charge in [-0.2, -0.15) is 8.78 Å². The number of fused-ring (bicyclic) bond motifs is 1. The van der Waals surface area contributed by atoms with E-state index in [1.807, 2.05) is 0 Å². The lowest BCUT2D eigenvalue weighted by atomic mass is 10.1. The van der Waals surface area contributed by atoms with Crippen molar-refractivity contribution in [1.29, 1.82) is 5.41 Å². The molecule has 1 aliphatic rings. The Morgan fingerprint density at radius 1 is 1.27 bits per heavy atom. The van der Waals surface area contributed by atoms with Gasteiger partial charge >= 0.3 is 6.43 Å². The van der Waals surface area contributed by atoms with Gasteiger partial charge in [-0.05, 0) is 12.1 Å². The molecule has 0 aliphatic carbocycles. The van der Waals surface area contributed by atoms with Gasteiger partial charge in [-0.25, -0.2) is 8.78 Å². The van der Waals surface area contributed by atoms with Gasteiger partial charge in [0.2, 0.25) is 0 Å². The topological polar surface area (TPSA) is 102 Å². The van der Waals surface area contributed by atoms with Crippen LogP contribution in [0, 0.1) is 5.41 Å². The van der Waals surface area contributed by atoms with Gasteiger partial charge in [0.05, 0.1) is 24.3 Å². The molecule has 7 nitrogen and oxygen atoms in total. The molecular formula is C19H18F4N4O3. The van der Waals surface area contributed by atoms with Crippen LogP contribution in [-0.4, -0.2) is 41.1 Å². The Hall–Kier alpha value is -3.21. The number of halogens is 4. The lowest BCUT2D eigenvalue weighted by Gasteiger charge is -2.18. The van der Waals surface area contributed by atoms with Crippen LogP contribution in [0.15, 0.2) is 36.5 Å². The number of nitrogens with one attached hydrogen (secondary N) is 1. The largest absolute Gasteiger partial charge is 0.487 e. The Labute approximate surface area is 168 Å². The number of nitrogens with zero attached hydrogens (tertiary/aromatic N) is 2. The number of alkyl halides is 4. The fourth-order valence-corrected chi connectivity index (χ4v) is 2.92. The van der Waals surface area contributed by atoms with Gasteiger partial charge in [-0.15, -0.1) is 0 Å². The molecular weight excluding hydrogens is 408 g/mol. The van der Waals surface area contributed by atoms with Crippen molar-refractivity contribution in [3.8, 4) is 5.75 Å². The molecule has 0 bridgehead atoms. The molecule has 1 aromatic heterocycles. The molecule has 1 amide bonds. The monoisotopic (exact) mass is 426 g/mol. The summed E-state index contributed by atoms with van der Waals surface area (Å²) in [5, 5.41) is 7.05. The van der Waals surface area contributed by atoms with E-state index in [2.05, 4.69) is 9.72 Å². The SMILES string of the molecule is N=C(OC(N)c1cnc2c(c1)C(=O)N(Cc1ccccc1OCC(F)F)C2)C(F)F. The second-order valence-corrected chi connectivity index (χ2v) is 6.44. The van der Waals surface area contributed by atoms with Crippen LogP contribution < -0.4 is 10.5 Å². The van der Waals surface area contributed by atoms with Crippen molar-refractivity contribution in [2.45, 2.75) is 32.2 Å². The molecule has 1 aromatic carbocycles. The summed E-state index contributed by atoms with van der Waals surface area (Å²) in [7, 11) is 0. The Morgan fingerprint density at radius 2 is 2.00 bits per heavy atom. The molecule has 0 saturated carbocycles. The van der Waals surface area contributed by atoms with E-state index in [4.69, 9.17) is 15.9 Å². The van der Waals surface area contributed by atoms with Gasteiger partial charge in [-0.3, -0.25) is 20.9 Å². The average Bonchev–Trinajstić information content (AvgIpc) is 3.02. The molecule has 1 aliphatic heterocycles. The minimum absolute atomic E-state index is 0.0997. The molecule has 0 fully saturated rings. The van der Waals surface area contributed by atoms with Gasteiger partial charge in [0, 0.05) is 17.3 Å². The van der Waals surface area contributed by atoms with Crippen LogP contribution in [0.5, 0.6) is 5.75 Å². The minimum atomic E-state index is -3.11. The minimum Gasteiger partial charge on any atom is -0.487 e. The smallest absolute Gasteiger partial charge is 0.312 e. The summed E-state index contributed by atoms with van der Waals surface area (Å²) in [4.78, 5) is 18.4. The summed E-state index contributed by atoms with van der Waals surface area (Å²) in [6.07, 6.45) is -5.83. The zero-order valence-corrected chi connectivity index (χ0v) is 15.5. The number of carbonyl (C=O) groups is 1. The molecule has 11 heteroatoms. The van der Waals surface area contributed by atoms with Crippen LogP contribution in [0.25, 0.3) is 0 Å². The van der Waals surface area contributed by atoms with E-state index in [0.717, 1.165) is 0 Å². The number of aromatic nitrogens is 1. The molecule has 2 aromatic rings. The normalized spacial score (nSPS) is 14.2. The van der Waals surface area contributed by atoms with Gasteiger partial charge in [0.1, 0.15) is 12.4 Å². The lowest BCUT2D eigenvalue weighted by molar-refractivity contribution is 0.0743. The quantitative estimate of drug-likeness (QED) is 0.292. The van der Waals surface area contributed by atoms with Crippen LogP contribution in [0.4, 0.5) is 17.6 Å². The first kappa shape index (κ1) is 21.5. The number of nitrogens with two attached hydrogens (primary N) is 1. The van der Waals surface area contributed by atoms with Crippen LogP contribution in [0.1, 0.15) is 33.4 Å². The van der Waals surface area contributed by atoms with E-state index in [9.17, 15) is 22.4 Å². The summed E-state index contributed by atoms with van der Waals surface area (Å²) in [6, 6.07) is 7.92. The van der Waals surface area contributed by atoms with Crippen molar-refractivity contribution in [2.24, 2.45) is 5.73 Å². The first-order valence-electron chi connectivity index (χ1n) is 8.82. The van der Waals surface area contributed by atoms with E-state index in [-0.39, 0.29) is 35.9 Å². The standard InChI is InChI=1S/C19H18F4N4O3/c20-15(21)9-29-14-4-2-1-3-10(14)7-27-8-13-12(19(27)28)5-11(6-26-13)17(24)30-18(25)16(22)23/h1-6,15-17,25H,7-9,24H2. The molecule has 0 spiro atoms. The number of pyridine rings is 1. The molecule has 2 heterocycles. The van der Waals surface area contributed by atoms with E-state index >= 15 is 0 Å². The van der Waals surface area contributed by atoms with E-state index in [1.165, 1.54) is 23.2 Å². The second-order valence-electron chi connectivity index (χ2n) is 6.44. The molecule has 3 N–H and O–H groups in total. The first-order valence-corrected chi connectivity index (χ1v) is 8.82. The Balaban J connectivity index is 1.73. The number of hydrogen-bond acceptors (Lipinski definition) is 6. The van der Waals surface area contributed by atoms with E-state index < -0.39 is 31.6 Å². The summed E-state index contributed by atoms with van der Waals surface area (Å²) >= 11 is 0. The van der Waals surface area contributed by atoms with Crippen LogP contribution in [0.3, 0.4) is 0 Å². The second kappa shape index (κ2) is 9.08. The summed E-state index contributed by atoms with van der Waals surface area (Å²) in [6.45, 7) is -0.495. The summed E-state index contributed by atoms with van der Waals surface area (Å²) in [5.41, 5.74) is 7.05. The number of para-hydroxylation sites is 1. The fourth-order valence-electron chi connectivity index (χ4n) is 2.92. The number of benzene rings is 1. The van der Waals surface area contributed by atoms with Crippen molar-refractivity contribution < 1.29 is 31.8 Å². The number of carbonyl (C=O) groups excluding carboxylic acids is 1. The molecule has 0 saturated heterocycles. The van der Waals surface area contributed by atoms with Crippen molar-refractivity contribution in [3.63, 3.8) is 0 Å². The highest BCUT2D eigenvalue weighted by Gasteiger charge is 2.30. The van der Waals surface area contributed by atoms with Gasteiger partial charge < -0.3 is 14.4 Å². The summed E-state index contributed by atoms with van der Waals surface area (Å²) < 4.78 is 59.5. The molecule has 0 radical (unpaired) electrons. The highest BCUT2D eigenvalue weighted by molar-refractivity contribution is 5.98. The molecule has 3 rings (SSSR count). The van der Waals surface area contributed by atoms with Gasteiger partial charge in [-0.1, -0.05) is 18.2 Å². The third-order valence-corrected chi connectivity index (χ3v) is 4.33. The molecule has 160 valence electrons. The maximum absolute atomic E-state index is 12.8. The van der Waals surface area contributed by atoms with Crippen molar-refractivity contribution in [1.82, 2.24) is 9.88 Å². The molecule has 1 atom stereocenters. The number of ether oxygens (including phenoxy) is 2. The van der Waals surface area contributed by atoms with Crippen molar-refractivity contribution in [2.75, 3.05) is 6.61 Å². The Kier molecular flexibility index (Phi) is 6.50. The maximum Gasteiger partial charge on any atom is 0.312 e. The molecule has 30 heavy (non-hydrogen) atoms. The van der Waals surface area contributed by atoms with E-state index in [0.29, 0.717) is 11.3 Å². The van der Waals surface area contributed by atoms with Crippen LogP contribution in [-0.2, 0) is 17.8 Å². The number of amides is 1.